The Balaban J connectivity index is 1.74. The first-order valence-electron chi connectivity index (χ1n) is 16.9. The first kappa shape index (κ1) is 34.7. The smallest absolute Gasteiger partial charge is 0.347 e. The van der Waals surface area contributed by atoms with Crippen molar-refractivity contribution >= 4 is 5.97 Å². The SMILES string of the molecule is CCCCCCCCCCCCc1cccc(OC(=O)c2cccc(CCCCCCCCCCCC)c2O)c1O. The summed E-state index contributed by atoms with van der Waals surface area (Å²) in [7, 11) is 0. The van der Waals surface area contributed by atoms with Crippen LogP contribution >= 0.6 is 0 Å². The van der Waals surface area contributed by atoms with Gasteiger partial charge in [0, 0.05) is 0 Å². The van der Waals surface area contributed by atoms with E-state index in [-0.39, 0.29) is 22.8 Å². The molecule has 0 aliphatic carbocycles. The fourth-order valence-corrected chi connectivity index (χ4v) is 5.57. The molecular formula is C37H58O4. The highest BCUT2D eigenvalue weighted by Crippen LogP contribution is 2.33. The molecule has 0 saturated carbocycles. The van der Waals surface area contributed by atoms with Crippen LogP contribution in [-0.2, 0) is 12.8 Å². The van der Waals surface area contributed by atoms with E-state index in [9.17, 15) is 15.0 Å². The molecule has 41 heavy (non-hydrogen) atoms. The molecule has 0 bridgehead atoms. The van der Waals surface area contributed by atoms with Crippen LogP contribution in [0.15, 0.2) is 36.4 Å². The Bertz CT molecular complexity index is 967. The fourth-order valence-electron chi connectivity index (χ4n) is 5.57. The van der Waals surface area contributed by atoms with Crippen molar-refractivity contribution in [1.29, 1.82) is 0 Å². The second-order valence-electron chi connectivity index (χ2n) is 11.8. The molecule has 2 aromatic rings. The number of aromatic hydroxyl groups is 2. The maximum Gasteiger partial charge on any atom is 0.347 e. The minimum atomic E-state index is -0.640. The number of unbranched alkanes of at least 4 members (excludes halogenated alkanes) is 18. The summed E-state index contributed by atoms with van der Waals surface area (Å²) in [6, 6.07) is 10.6. The number of phenolic OH excluding ortho intramolecular Hbond substituents is 2. The number of para-hydroxylation sites is 2. The van der Waals surface area contributed by atoms with Gasteiger partial charge in [-0.2, -0.15) is 0 Å². The van der Waals surface area contributed by atoms with Gasteiger partial charge in [0.1, 0.15) is 11.3 Å². The largest absolute Gasteiger partial charge is 0.507 e. The zero-order valence-corrected chi connectivity index (χ0v) is 26.2. The number of carbonyl (C=O) groups is 1. The van der Waals surface area contributed by atoms with Crippen LogP contribution in [0.25, 0.3) is 0 Å². The summed E-state index contributed by atoms with van der Waals surface area (Å²) < 4.78 is 5.56. The number of phenols is 2. The van der Waals surface area contributed by atoms with Gasteiger partial charge in [-0.15, -0.1) is 0 Å². The number of aryl methyl sites for hydroxylation is 2. The minimum Gasteiger partial charge on any atom is -0.507 e. The summed E-state index contributed by atoms with van der Waals surface area (Å²) in [6.07, 6.45) is 26.8. The number of hydrogen-bond acceptors (Lipinski definition) is 4. The molecule has 0 aromatic heterocycles. The van der Waals surface area contributed by atoms with Gasteiger partial charge in [0.15, 0.2) is 11.5 Å². The zero-order chi connectivity index (χ0) is 29.5. The zero-order valence-electron chi connectivity index (χ0n) is 26.2. The first-order chi connectivity index (χ1) is 20.1. The van der Waals surface area contributed by atoms with Crippen LogP contribution in [0.1, 0.15) is 164 Å². The summed E-state index contributed by atoms with van der Waals surface area (Å²) in [4.78, 5) is 12.9. The van der Waals surface area contributed by atoms with E-state index in [2.05, 4.69) is 13.8 Å². The molecule has 0 amide bonds. The number of ether oxygens (including phenoxy) is 1. The van der Waals surface area contributed by atoms with Crippen molar-refractivity contribution in [3.05, 3.63) is 53.1 Å². The molecule has 2 aromatic carbocycles. The Hall–Kier alpha value is -2.49. The maximum atomic E-state index is 12.9. The lowest BCUT2D eigenvalue weighted by Crippen LogP contribution is -2.10. The van der Waals surface area contributed by atoms with E-state index in [4.69, 9.17) is 4.74 Å². The minimum absolute atomic E-state index is 0.00516. The van der Waals surface area contributed by atoms with Gasteiger partial charge in [0.05, 0.1) is 0 Å². The second kappa shape index (κ2) is 22.2. The van der Waals surface area contributed by atoms with Crippen LogP contribution < -0.4 is 4.74 Å². The molecule has 4 nitrogen and oxygen atoms in total. The molecule has 0 radical (unpaired) electrons. The third-order valence-corrected chi connectivity index (χ3v) is 8.22. The third-order valence-electron chi connectivity index (χ3n) is 8.22. The quantitative estimate of drug-likeness (QED) is 0.0753. The van der Waals surface area contributed by atoms with Crippen LogP contribution in [0.2, 0.25) is 0 Å². The summed E-state index contributed by atoms with van der Waals surface area (Å²) in [5.41, 5.74) is 1.72. The van der Waals surface area contributed by atoms with E-state index < -0.39 is 5.97 Å². The molecule has 0 fully saturated rings. The number of carbonyl (C=O) groups excluding carboxylic acids is 1. The molecule has 0 unspecified atom stereocenters. The van der Waals surface area contributed by atoms with Crippen molar-refractivity contribution < 1.29 is 19.7 Å². The normalized spacial score (nSPS) is 11.2. The Morgan fingerprint density at radius 1 is 0.537 bits per heavy atom. The average molecular weight is 567 g/mol. The lowest BCUT2D eigenvalue weighted by molar-refractivity contribution is 0.0726. The van der Waals surface area contributed by atoms with E-state index >= 15 is 0 Å². The molecule has 2 rings (SSSR count). The van der Waals surface area contributed by atoms with Gasteiger partial charge in [-0.25, -0.2) is 4.79 Å². The molecule has 0 aliphatic rings. The fraction of sp³-hybridized carbons (Fsp3) is 0.649. The van der Waals surface area contributed by atoms with E-state index in [1.807, 2.05) is 18.2 Å². The van der Waals surface area contributed by atoms with Crippen LogP contribution in [0.4, 0.5) is 0 Å². The van der Waals surface area contributed by atoms with Crippen molar-refractivity contribution in [2.75, 3.05) is 0 Å². The number of hydrogen-bond donors (Lipinski definition) is 2. The number of rotatable bonds is 24. The van der Waals surface area contributed by atoms with Crippen LogP contribution in [0, 0.1) is 0 Å². The lowest BCUT2D eigenvalue weighted by Gasteiger charge is -2.12. The van der Waals surface area contributed by atoms with Gasteiger partial charge in [-0.1, -0.05) is 154 Å². The molecular weight excluding hydrogens is 508 g/mol. The van der Waals surface area contributed by atoms with Crippen LogP contribution in [-0.4, -0.2) is 16.2 Å². The topological polar surface area (TPSA) is 66.8 Å². The van der Waals surface area contributed by atoms with Crippen LogP contribution in [0.3, 0.4) is 0 Å². The number of benzene rings is 2. The monoisotopic (exact) mass is 566 g/mol. The second-order valence-corrected chi connectivity index (χ2v) is 11.8. The van der Waals surface area contributed by atoms with Gasteiger partial charge >= 0.3 is 5.97 Å². The lowest BCUT2D eigenvalue weighted by atomic mass is 10.0. The van der Waals surface area contributed by atoms with Gasteiger partial charge in [0.2, 0.25) is 0 Å². The highest BCUT2D eigenvalue weighted by Gasteiger charge is 2.19. The molecule has 230 valence electrons. The molecule has 0 spiro atoms. The van der Waals surface area contributed by atoms with E-state index in [0.29, 0.717) is 0 Å². The molecule has 2 N–H and O–H groups in total. The summed E-state index contributed by atoms with van der Waals surface area (Å²) in [5.74, 6) is -0.467. The third kappa shape index (κ3) is 14.3. The van der Waals surface area contributed by atoms with Crippen molar-refractivity contribution in [2.24, 2.45) is 0 Å². The highest BCUT2D eigenvalue weighted by molar-refractivity contribution is 5.94. The highest BCUT2D eigenvalue weighted by atomic mass is 16.5. The first-order valence-corrected chi connectivity index (χ1v) is 16.9. The van der Waals surface area contributed by atoms with Crippen molar-refractivity contribution in [3.8, 4) is 17.2 Å². The Morgan fingerprint density at radius 2 is 0.927 bits per heavy atom. The molecule has 0 aliphatic heterocycles. The van der Waals surface area contributed by atoms with E-state index in [0.717, 1.165) is 49.7 Å². The Morgan fingerprint density at radius 3 is 1.39 bits per heavy atom. The Labute approximate surface area is 250 Å². The summed E-state index contributed by atoms with van der Waals surface area (Å²) >= 11 is 0. The van der Waals surface area contributed by atoms with Crippen LogP contribution in [0.5, 0.6) is 17.2 Å². The molecule has 0 atom stereocenters. The van der Waals surface area contributed by atoms with Gasteiger partial charge in [0.25, 0.3) is 0 Å². The predicted octanol–water partition coefficient (Wildman–Crippen LogP) is 11.2. The van der Waals surface area contributed by atoms with Crippen molar-refractivity contribution in [3.63, 3.8) is 0 Å². The van der Waals surface area contributed by atoms with E-state index in [1.54, 1.807) is 18.2 Å². The standard InChI is InChI=1S/C37H58O4/c1-3-5-7-9-11-13-15-17-19-21-25-31-27-23-29-33(35(31)38)37(40)41-34-30-24-28-32(36(34)39)26-22-20-18-16-14-12-10-8-6-4-2/h23-24,27-30,38-39H,3-22,25-26H2,1-2H3. The van der Waals surface area contributed by atoms with Crippen molar-refractivity contribution in [2.45, 2.75) is 155 Å². The van der Waals surface area contributed by atoms with E-state index in [1.165, 1.54) is 103 Å². The van der Waals surface area contributed by atoms with Gasteiger partial charge in [-0.05, 0) is 48.9 Å². The molecule has 4 heteroatoms. The number of esters is 1. The summed E-state index contributed by atoms with van der Waals surface area (Å²) in [5, 5.41) is 21.6. The molecule has 0 heterocycles. The maximum absolute atomic E-state index is 12.9. The van der Waals surface area contributed by atoms with Crippen molar-refractivity contribution in [1.82, 2.24) is 0 Å². The molecule has 0 saturated heterocycles. The average Bonchev–Trinajstić information content (AvgIpc) is 2.97. The summed E-state index contributed by atoms with van der Waals surface area (Å²) in [6.45, 7) is 4.50. The predicted molar refractivity (Wildman–Crippen MR) is 172 cm³/mol. The van der Waals surface area contributed by atoms with Gasteiger partial charge in [-0.3, -0.25) is 0 Å². The van der Waals surface area contributed by atoms with Gasteiger partial charge < -0.3 is 14.9 Å². The Kier molecular flexibility index (Phi) is 18.8.